The van der Waals surface area contributed by atoms with Crippen LogP contribution in [0.1, 0.15) is 26.2 Å². The third kappa shape index (κ3) is 2.92. The molecule has 4 atom stereocenters. The van der Waals surface area contributed by atoms with Crippen molar-refractivity contribution in [3.63, 3.8) is 0 Å². The summed E-state index contributed by atoms with van der Waals surface area (Å²) < 4.78 is 5.49. The number of ether oxygens (including phenoxy) is 1. The predicted molar refractivity (Wildman–Crippen MR) is 62.0 cm³/mol. The van der Waals surface area contributed by atoms with Gasteiger partial charge in [-0.2, -0.15) is 0 Å². The van der Waals surface area contributed by atoms with E-state index in [1.165, 1.54) is 19.3 Å². The molecule has 0 radical (unpaired) electrons. The molecule has 88 valence electrons. The van der Waals surface area contributed by atoms with E-state index in [1.807, 2.05) is 7.05 Å². The Kier molecular flexibility index (Phi) is 4.00. The highest BCUT2D eigenvalue weighted by Crippen LogP contribution is 2.25. The summed E-state index contributed by atoms with van der Waals surface area (Å²) in [5, 5.41) is 7.03. The fourth-order valence-electron chi connectivity index (χ4n) is 2.83. The van der Waals surface area contributed by atoms with E-state index in [9.17, 15) is 0 Å². The van der Waals surface area contributed by atoms with E-state index in [0.717, 1.165) is 31.7 Å². The first-order valence-corrected chi connectivity index (χ1v) is 6.28. The molecule has 1 saturated heterocycles. The van der Waals surface area contributed by atoms with E-state index < -0.39 is 0 Å². The van der Waals surface area contributed by atoms with Gasteiger partial charge >= 0.3 is 0 Å². The summed E-state index contributed by atoms with van der Waals surface area (Å²) in [6.45, 7) is 5.27. The van der Waals surface area contributed by atoms with Crippen LogP contribution in [0.25, 0.3) is 0 Å². The number of likely N-dealkylation sites (N-methyl/N-ethyl adjacent to an activating group) is 1. The van der Waals surface area contributed by atoms with Crippen LogP contribution in [0.4, 0.5) is 0 Å². The highest BCUT2D eigenvalue weighted by Gasteiger charge is 2.28. The minimum absolute atomic E-state index is 0.552. The van der Waals surface area contributed by atoms with Gasteiger partial charge in [-0.25, -0.2) is 0 Å². The van der Waals surface area contributed by atoms with E-state index in [-0.39, 0.29) is 0 Å². The number of hydrogen-bond acceptors (Lipinski definition) is 3. The summed E-state index contributed by atoms with van der Waals surface area (Å²) in [5.41, 5.74) is 0. The first-order chi connectivity index (χ1) is 7.29. The minimum Gasteiger partial charge on any atom is -0.379 e. The molecular formula is C12H24N2O. The van der Waals surface area contributed by atoms with Gasteiger partial charge in [0, 0.05) is 24.5 Å². The lowest BCUT2D eigenvalue weighted by Crippen LogP contribution is -2.40. The van der Waals surface area contributed by atoms with Gasteiger partial charge in [-0.15, -0.1) is 0 Å². The molecule has 1 aliphatic heterocycles. The molecule has 0 aromatic rings. The maximum Gasteiger partial charge on any atom is 0.0623 e. The molecule has 2 N–H and O–H groups in total. The van der Waals surface area contributed by atoms with Crippen molar-refractivity contribution in [3.05, 3.63) is 0 Å². The van der Waals surface area contributed by atoms with Crippen LogP contribution < -0.4 is 10.6 Å². The molecule has 2 rings (SSSR count). The van der Waals surface area contributed by atoms with Gasteiger partial charge in [-0.1, -0.05) is 6.92 Å². The summed E-state index contributed by atoms with van der Waals surface area (Å²) >= 11 is 0. The Bertz CT molecular complexity index is 198. The zero-order valence-corrected chi connectivity index (χ0v) is 9.96. The number of hydrogen-bond donors (Lipinski definition) is 2. The largest absolute Gasteiger partial charge is 0.379 e. The highest BCUT2D eigenvalue weighted by atomic mass is 16.5. The van der Waals surface area contributed by atoms with Crippen molar-refractivity contribution >= 4 is 0 Å². The van der Waals surface area contributed by atoms with Crippen molar-refractivity contribution in [2.75, 3.05) is 26.8 Å². The quantitative estimate of drug-likeness (QED) is 0.729. The molecule has 0 aromatic heterocycles. The van der Waals surface area contributed by atoms with E-state index in [0.29, 0.717) is 12.0 Å². The summed E-state index contributed by atoms with van der Waals surface area (Å²) in [7, 11) is 2.03. The van der Waals surface area contributed by atoms with Crippen LogP contribution in [0.15, 0.2) is 0 Å². The van der Waals surface area contributed by atoms with Gasteiger partial charge in [-0.05, 0) is 32.2 Å². The van der Waals surface area contributed by atoms with Crippen molar-refractivity contribution < 1.29 is 4.74 Å². The molecule has 1 saturated carbocycles. The minimum atomic E-state index is 0.552. The zero-order valence-electron chi connectivity index (χ0n) is 9.96. The Balaban J connectivity index is 1.68. The maximum atomic E-state index is 5.49. The van der Waals surface area contributed by atoms with E-state index in [2.05, 4.69) is 17.6 Å². The lowest BCUT2D eigenvalue weighted by Gasteiger charge is -2.20. The van der Waals surface area contributed by atoms with Crippen LogP contribution in [0.3, 0.4) is 0 Å². The van der Waals surface area contributed by atoms with Crippen LogP contribution >= 0.6 is 0 Å². The van der Waals surface area contributed by atoms with Crippen molar-refractivity contribution in [1.82, 2.24) is 10.6 Å². The Hall–Kier alpha value is -0.120. The van der Waals surface area contributed by atoms with Crippen LogP contribution in [-0.4, -0.2) is 38.9 Å². The van der Waals surface area contributed by atoms with Crippen molar-refractivity contribution in [2.24, 2.45) is 11.8 Å². The smallest absolute Gasteiger partial charge is 0.0623 e. The predicted octanol–water partition coefficient (Wildman–Crippen LogP) is 0.999. The fraction of sp³-hybridized carbons (Fsp3) is 1.00. The first-order valence-electron chi connectivity index (χ1n) is 6.28. The third-order valence-electron chi connectivity index (χ3n) is 3.93. The molecule has 0 bridgehead atoms. The molecule has 1 aliphatic carbocycles. The fourth-order valence-corrected chi connectivity index (χ4v) is 2.83. The summed E-state index contributed by atoms with van der Waals surface area (Å²) in [6, 6.07) is 1.31. The van der Waals surface area contributed by atoms with Crippen LogP contribution in [-0.2, 0) is 4.74 Å². The highest BCUT2D eigenvalue weighted by molar-refractivity contribution is 4.85. The molecule has 2 aliphatic rings. The Morgan fingerprint density at radius 2 is 2.13 bits per heavy atom. The second-order valence-corrected chi connectivity index (χ2v) is 5.22. The number of rotatable bonds is 4. The molecule has 2 fully saturated rings. The Labute approximate surface area is 93.0 Å². The molecule has 4 unspecified atom stereocenters. The second-order valence-electron chi connectivity index (χ2n) is 5.22. The van der Waals surface area contributed by atoms with Crippen molar-refractivity contribution in [1.29, 1.82) is 0 Å². The monoisotopic (exact) mass is 212 g/mol. The molecule has 3 heteroatoms. The van der Waals surface area contributed by atoms with Gasteiger partial charge in [0.25, 0.3) is 0 Å². The Morgan fingerprint density at radius 1 is 1.27 bits per heavy atom. The zero-order chi connectivity index (χ0) is 10.7. The van der Waals surface area contributed by atoms with Crippen LogP contribution in [0.5, 0.6) is 0 Å². The lowest BCUT2D eigenvalue weighted by molar-refractivity contribution is 0.182. The average Bonchev–Trinajstić information content (AvgIpc) is 2.83. The molecular weight excluding hydrogens is 188 g/mol. The topological polar surface area (TPSA) is 33.3 Å². The lowest BCUT2D eigenvalue weighted by atomic mass is 10.0. The van der Waals surface area contributed by atoms with Gasteiger partial charge in [-0.3, -0.25) is 0 Å². The normalized spacial score (nSPS) is 41.2. The van der Waals surface area contributed by atoms with Crippen LogP contribution in [0.2, 0.25) is 0 Å². The standard InChI is InChI=1S/C12H24N2O/c1-9-3-4-11(5-9)14-6-10-7-15-8-12(10)13-2/h9-14H,3-8H2,1-2H3. The van der Waals surface area contributed by atoms with Gasteiger partial charge in [0.05, 0.1) is 13.2 Å². The van der Waals surface area contributed by atoms with Crippen molar-refractivity contribution in [2.45, 2.75) is 38.3 Å². The van der Waals surface area contributed by atoms with Gasteiger partial charge < -0.3 is 15.4 Å². The summed E-state index contributed by atoms with van der Waals surface area (Å²) in [4.78, 5) is 0. The molecule has 1 heterocycles. The van der Waals surface area contributed by atoms with E-state index in [4.69, 9.17) is 4.74 Å². The average molecular weight is 212 g/mol. The third-order valence-corrected chi connectivity index (χ3v) is 3.93. The molecule has 15 heavy (non-hydrogen) atoms. The SMILES string of the molecule is CNC1COCC1CNC1CCC(C)C1. The molecule has 3 nitrogen and oxygen atoms in total. The molecule has 0 spiro atoms. The van der Waals surface area contributed by atoms with Crippen LogP contribution in [0, 0.1) is 11.8 Å². The molecule has 0 aromatic carbocycles. The van der Waals surface area contributed by atoms with Gasteiger partial charge in [0.1, 0.15) is 0 Å². The molecule has 0 amide bonds. The second kappa shape index (κ2) is 5.28. The summed E-state index contributed by atoms with van der Waals surface area (Å²) in [5.74, 6) is 1.58. The van der Waals surface area contributed by atoms with Gasteiger partial charge in [0.2, 0.25) is 0 Å². The summed E-state index contributed by atoms with van der Waals surface area (Å²) in [6.07, 6.45) is 4.12. The van der Waals surface area contributed by atoms with Gasteiger partial charge in [0.15, 0.2) is 0 Å². The van der Waals surface area contributed by atoms with Crippen molar-refractivity contribution in [3.8, 4) is 0 Å². The Morgan fingerprint density at radius 3 is 2.80 bits per heavy atom. The maximum absolute atomic E-state index is 5.49. The van der Waals surface area contributed by atoms with E-state index in [1.54, 1.807) is 0 Å². The van der Waals surface area contributed by atoms with E-state index >= 15 is 0 Å². The first kappa shape index (κ1) is 11.4. The number of nitrogens with one attached hydrogen (secondary N) is 2.